The minimum absolute atomic E-state index is 0.0170. The number of carbonyl (C=O) groups is 2. The quantitative estimate of drug-likeness (QED) is 0.268. The zero-order valence-electron chi connectivity index (χ0n) is 18.7. The van der Waals surface area contributed by atoms with Crippen LogP contribution in [0.3, 0.4) is 0 Å². The monoisotopic (exact) mass is 550 g/mol. The molecule has 0 bridgehead atoms. The first-order chi connectivity index (χ1) is 16.9. The van der Waals surface area contributed by atoms with Gasteiger partial charge in [0.25, 0.3) is 11.6 Å². The molecule has 3 N–H and O–H groups in total. The number of anilines is 2. The fraction of sp³-hybridized carbons (Fsp3) is 0.130. The fourth-order valence-electron chi connectivity index (χ4n) is 3.23. The van der Waals surface area contributed by atoms with Crippen LogP contribution in [0.15, 0.2) is 66.7 Å². The average Bonchev–Trinajstić information content (AvgIpc) is 2.80. The normalized spacial score (nSPS) is 11.9. The molecule has 0 aliphatic rings. The first-order valence-corrected chi connectivity index (χ1v) is 12.9. The smallest absolute Gasteiger partial charge is 0.271 e. The highest BCUT2D eigenvalue weighted by molar-refractivity contribution is 7.92. The molecule has 0 fully saturated rings. The van der Waals surface area contributed by atoms with Gasteiger partial charge in [0.05, 0.1) is 33.1 Å². The van der Waals surface area contributed by atoms with Crippen LogP contribution in [0.1, 0.15) is 15.9 Å². The average molecular weight is 551 g/mol. The molecule has 0 aliphatic carbocycles. The zero-order valence-corrected chi connectivity index (χ0v) is 21.0. The summed E-state index contributed by atoms with van der Waals surface area (Å²) in [6.07, 6.45) is 1.02. The molecular formula is C23H20Cl2N4O6S. The van der Waals surface area contributed by atoms with E-state index < -0.39 is 32.8 Å². The third kappa shape index (κ3) is 7.41. The Bertz CT molecular complexity index is 1420. The predicted octanol–water partition coefficient (Wildman–Crippen LogP) is 4.25. The third-order valence-corrected chi connectivity index (χ3v) is 5.99. The second-order valence-corrected chi connectivity index (χ2v) is 10.3. The Morgan fingerprint density at radius 2 is 1.67 bits per heavy atom. The molecule has 13 heteroatoms. The standard InChI is InChI=1S/C23H20Cl2N4O6S/c1-36(34,35)28-19-9-7-15(24)12-17(19)22(30)27-21(11-14-5-3-2-4-6-14)23(31)26-20-10-8-16(29(32)33)13-18(20)25/h2-10,12-13,21,28H,11H2,1H3,(H,26,31)(H,27,30)/t21-/m0/s1. The molecule has 10 nitrogen and oxygen atoms in total. The topological polar surface area (TPSA) is 148 Å². The van der Waals surface area contributed by atoms with Crippen molar-refractivity contribution in [2.75, 3.05) is 16.3 Å². The number of halogens is 2. The number of nitrogens with one attached hydrogen (secondary N) is 3. The Morgan fingerprint density at radius 1 is 1.00 bits per heavy atom. The van der Waals surface area contributed by atoms with Crippen molar-refractivity contribution in [3.05, 3.63) is 98.0 Å². The van der Waals surface area contributed by atoms with E-state index >= 15 is 0 Å². The fourth-order valence-corrected chi connectivity index (χ4v) is 4.20. The summed E-state index contributed by atoms with van der Waals surface area (Å²) < 4.78 is 25.7. The predicted molar refractivity (Wildman–Crippen MR) is 138 cm³/mol. The van der Waals surface area contributed by atoms with Gasteiger partial charge in [-0.1, -0.05) is 53.5 Å². The molecule has 0 saturated heterocycles. The van der Waals surface area contributed by atoms with Crippen molar-refractivity contribution in [2.45, 2.75) is 12.5 Å². The first-order valence-electron chi connectivity index (χ1n) is 10.3. The molecule has 3 aromatic rings. The summed E-state index contributed by atoms with van der Waals surface area (Å²) in [7, 11) is -3.71. The van der Waals surface area contributed by atoms with Gasteiger partial charge < -0.3 is 10.6 Å². The van der Waals surface area contributed by atoms with E-state index in [0.717, 1.165) is 17.9 Å². The SMILES string of the molecule is CS(=O)(=O)Nc1ccc(Cl)cc1C(=O)N[C@@H](Cc1ccccc1)C(=O)Nc1ccc([N+](=O)[O-])cc1Cl. The number of hydrogen-bond donors (Lipinski definition) is 3. The Hall–Kier alpha value is -3.67. The molecule has 3 rings (SSSR count). The molecule has 36 heavy (non-hydrogen) atoms. The highest BCUT2D eigenvalue weighted by atomic mass is 35.5. The summed E-state index contributed by atoms with van der Waals surface area (Å²) in [5, 5.41) is 16.3. The van der Waals surface area contributed by atoms with E-state index in [2.05, 4.69) is 15.4 Å². The summed E-state index contributed by atoms with van der Waals surface area (Å²) >= 11 is 12.1. The summed E-state index contributed by atoms with van der Waals surface area (Å²) in [5.41, 5.74) is 0.484. The van der Waals surface area contributed by atoms with Crippen molar-refractivity contribution >= 4 is 62.1 Å². The van der Waals surface area contributed by atoms with Crippen molar-refractivity contribution in [1.29, 1.82) is 0 Å². The lowest BCUT2D eigenvalue weighted by molar-refractivity contribution is -0.384. The van der Waals surface area contributed by atoms with Gasteiger partial charge in [-0.15, -0.1) is 0 Å². The number of nitrogens with zero attached hydrogens (tertiary/aromatic N) is 1. The van der Waals surface area contributed by atoms with Crippen molar-refractivity contribution in [3.8, 4) is 0 Å². The lowest BCUT2D eigenvalue weighted by Gasteiger charge is -2.20. The number of amides is 2. The Kier molecular flexibility index (Phi) is 8.51. The lowest BCUT2D eigenvalue weighted by atomic mass is 10.0. The number of rotatable bonds is 9. The Morgan fingerprint density at radius 3 is 2.28 bits per heavy atom. The number of nitro groups is 1. The van der Waals surface area contributed by atoms with Crippen LogP contribution >= 0.6 is 23.2 Å². The second kappa shape index (κ2) is 11.4. The van der Waals surface area contributed by atoms with E-state index in [9.17, 15) is 28.1 Å². The maximum atomic E-state index is 13.2. The maximum Gasteiger partial charge on any atom is 0.271 e. The van der Waals surface area contributed by atoms with Gasteiger partial charge in [0.1, 0.15) is 6.04 Å². The molecule has 0 aromatic heterocycles. The molecule has 3 aromatic carbocycles. The molecule has 0 saturated carbocycles. The Balaban J connectivity index is 1.90. The van der Waals surface area contributed by atoms with E-state index in [1.165, 1.54) is 30.3 Å². The van der Waals surface area contributed by atoms with Gasteiger partial charge in [0, 0.05) is 23.6 Å². The van der Waals surface area contributed by atoms with E-state index in [-0.39, 0.29) is 39.1 Å². The third-order valence-electron chi connectivity index (χ3n) is 4.85. The molecule has 0 unspecified atom stereocenters. The minimum atomic E-state index is -3.71. The molecular weight excluding hydrogens is 531 g/mol. The van der Waals surface area contributed by atoms with Crippen LogP contribution in [-0.2, 0) is 21.2 Å². The molecule has 2 amide bonds. The van der Waals surface area contributed by atoms with Crippen LogP contribution in [0.5, 0.6) is 0 Å². The van der Waals surface area contributed by atoms with Crippen LogP contribution in [0, 0.1) is 10.1 Å². The summed E-state index contributed by atoms with van der Waals surface area (Å²) in [6.45, 7) is 0. The number of non-ortho nitro benzene ring substituents is 1. The Labute approximate surface area is 216 Å². The van der Waals surface area contributed by atoms with Gasteiger partial charge in [-0.3, -0.25) is 24.4 Å². The van der Waals surface area contributed by atoms with Crippen molar-refractivity contribution < 1.29 is 22.9 Å². The minimum Gasteiger partial charge on any atom is -0.340 e. The van der Waals surface area contributed by atoms with Gasteiger partial charge in [0.15, 0.2) is 0 Å². The highest BCUT2D eigenvalue weighted by Crippen LogP contribution is 2.27. The van der Waals surface area contributed by atoms with Crippen LogP contribution in [-0.4, -0.2) is 37.5 Å². The van der Waals surface area contributed by atoms with Crippen molar-refractivity contribution in [3.63, 3.8) is 0 Å². The molecule has 188 valence electrons. The maximum absolute atomic E-state index is 13.2. The van der Waals surface area contributed by atoms with Gasteiger partial charge in [-0.2, -0.15) is 0 Å². The van der Waals surface area contributed by atoms with Gasteiger partial charge in [-0.05, 0) is 29.8 Å². The van der Waals surface area contributed by atoms with Gasteiger partial charge in [-0.25, -0.2) is 8.42 Å². The van der Waals surface area contributed by atoms with E-state index in [1.54, 1.807) is 30.3 Å². The largest absolute Gasteiger partial charge is 0.340 e. The summed E-state index contributed by atoms with van der Waals surface area (Å²) in [5.74, 6) is -1.41. The molecule has 0 spiro atoms. The molecule has 0 aliphatic heterocycles. The zero-order chi connectivity index (χ0) is 26.5. The number of sulfonamides is 1. The highest BCUT2D eigenvalue weighted by Gasteiger charge is 2.25. The van der Waals surface area contributed by atoms with Crippen molar-refractivity contribution in [2.24, 2.45) is 0 Å². The van der Waals surface area contributed by atoms with E-state index in [4.69, 9.17) is 23.2 Å². The molecule has 0 radical (unpaired) electrons. The van der Waals surface area contributed by atoms with Crippen LogP contribution in [0.25, 0.3) is 0 Å². The molecule has 0 heterocycles. The van der Waals surface area contributed by atoms with Gasteiger partial charge >= 0.3 is 0 Å². The number of carbonyl (C=O) groups excluding carboxylic acids is 2. The lowest BCUT2D eigenvalue weighted by Crippen LogP contribution is -2.45. The second-order valence-electron chi connectivity index (χ2n) is 7.69. The number of benzene rings is 3. The van der Waals surface area contributed by atoms with Gasteiger partial charge in [0.2, 0.25) is 15.9 Å². The van der Waals surface area contributed by atoms with E-state index in [1.807, 2.05) is 0 Å². The summed E-state index contributed by atoms with van der Waals surface area (Å²) in [6, 6.07) is 15.3. The van der Waals surface area contributed by atoms with Crippen LogP contribution in [0.2, 0.25) is 10.0 Å². The van der Waals surface area contributed by atoms with Crippen LogP contribution in [0.4, 0.5) is 17.1 Å². The first kappa shape index (κ1) is 26.9. The number of hydrogen-bond acceptors (Lipinski definition) is 6. The van der Waals surface area contributed by atoms with Crippen LogP contribution < -0.4 is 15.4 Å². The number of nitro benzene ring substituents is 1. The van der Waals surface area contributed by atoms with Crippen molar-refractivity contribution in [1.82, 2.24) is 5.32 Å². The summed E-state index contributed by atoms with van der Waals surface area (Å²) in [4.78, 5) is 36.7. The molecule has 1 atom stereocenters. The van der Waals surface area contributed by atoms with E-state index in [0.29, 0.717) is 0 Å².